The zero-order valence-corrected chi connectivity index (χ0v) is 12.2. The van der Waals surface area contributed by atoms with Crippen molar-refractivity contribution in [2.24, 2.45) is 0 Å². The number of hydrogen-bond donors (Lipinski definition) is 0. The molecule has 0 aliphatic carbocycles. The molecule has 19 heavy (non-hydrogen) atoms. The maximum Gasteiger partial charge on any atom is 0.187 e. The molecule has 2 heterocycles. The maximum atomic E-state index is 12.1. The highest BCUT2D eigenvalue weighted by Crippen LogP contribution is 2.30. The summed E-state index contributed by atoms with van der Waals surface area (Å²) in [5.74, 6) is 0.119. The first-order valence-corrected chi connectivity index (χ1v) is 8.32. The lowest BCUT2D eigenvalue weighted by atomic mass is 10.2. The van der Waals surface area contributed by atoms with Crippen LogP contribution in [0.2, 0.25) is 0 Å². The number of nitrogens with zero attached hydrogens (tertiary/aromatic N) is 1. The minimum atomic E-state index is -3.20. The third kappa shape index (κ3) is 3.62. The Morgan fingerprint density at radius 1 is 1.32 bits per heavy atom. The van der Waals surface area contributed by atoms with Crippen molar-refractivity contribution in [3.05, 3.63) is 36.7 Å². The fourth-order valence-electron chi connectivity index (χ4n) is 1.64. The van der Waals surface area contributed by atoms with Crippen molar-refractivity contribution >= 4 is 21.2 Å². The molecule has 0 aliphatic heterocycles. The quantitative estimate of drug-likeness (QED) is 0.769. The lowest BCUT2D eigenvalue weighted by Gasteiger charge is -2.00. The highest BCUT2D eigenvalue weighted by Gasteiger charge is 2.17. The van der Waals surface area contributed by atoms with Crippen molar-refractivity contribution in [2.45, 2.75) is 10.6 Å². The molecule has 0 aliphatic rings. The summed E-state index contributed by atoms with van der Waals surface area (Å²) in [5.41, 5.74) is 0.936. The Balaban J connectivity index is 2.17. The van der Waals surface area contributed by atoms with Crippen molar-refractivity contribution in [1.82, 2.24) is 4.98 Å². The maximum absolute atomic E-state index is 12.1. The van der Waals surface area contributed by atoms with Gasteiger partial charge < -0.3 is 4.74 Å². The summed E-state index contributed by atoms with van der Waals surface area (Å²) in [6.45, 7) is 0.458. The SMILES string of the molecule is COCCCS(=O)(=O)c1ccc(-c2cccnc2)s1. The van der Waals surface area contributed by atoms with Crippen LogP contribution in [0.25, 0.3) is 10.4 Å². The molecule has 0 saturated heterocycles. The Hall–Kier alpha value is -1.24. The summed E-state index contributed by atoms with van der Waals surface area (Å²) in [6, 6.07) is 7.24. The van der Waals surface area contributed by atoms with Crippen molar-refractivity contribution in [1.29, 1.82) is 0 Å². The molecule has 0 amide bonds. The van der Waals surface area contributed by atoms with Gasteiger partial charge in [-0.25, -0.2) is 8.42 Å². The molecule has 0 unspecified atom stereocenters. The van der Waals surface area contributed by atoms with Crippen molar-refractivity contribution in [2.75, 3.05) is 19.5 Å². The van der Waals surface area contributed by atoms with Gasteiger partial charge in [-0.05, 0) is 24.6 Å². The van der Waals surface area contributed by atoms with Crippen LogP contribution in [0.4, 0.5) is 0 Å². The van der Waals surface area contributed by atoms with E-state index in [1.165, 1.54) is 11.3 Å². The molecular formula is C13H15NO3S2. The molecule has 0 atom stereocenters. The van der Waals surface area contributed by atoms with E-state index >= 15 is 0 Å². The van der Waals surface area contributed by atoms with Gasteiger partial charge in [0.05, 0.1) is 5.75 Å². The summed E-state index contributed by atoms with van der Waals surface area (Å²) in [6.07, 6.45) is 3.94. The van der Waals surface area contributed by atoms with Gasteiger partial charge in [0, 0.05) is 36.6 Å². The molecule has 2 aromatic rings. The second kappa shape index (κ2) is 6.27. The van der Waals surface area contributed by atoms with Gasteiger partial charge in [-0.15, -0.1) is 11.3 Å². The van der Waals surface area contributed by atoms with Crippen LogP contribution in [0.5, 0.6) is 0 Å². The molecule has 0 bridgehead atoms. The molecule has 2 rings (SSSR count). The topological polar surface area (TPSA) is 56.3 Å². The molecule has 2 aromatic heterocycles. The van der Waals surface area contributed by atoms with Gasteiger partial charge in [0.15, 0.2) is 9.84 Å². The zero-order valence-electron chi connectivity index (χ0n) is 10.6. The molecular weight excluding hydrogens is 282 g/mol. The number of thiophene rings is 1. The number of rotatable bonds is 6. The van der Waals surface area contributed by atoms with Gasteiger partial charge in [0.2, 0.25) is 0 Å². The van der Waals surface area contributed by atoms with E-state index in [-0.39, 0.29) is 5.75 Å². The summed E-state index contributed by atoms with van der Waals surface area (Å²) >= 11 is 1.28. The first-order chi connectivity index (χ1) is 9.13. The lowest BCUT2D eigenvalue weighted by molar-refractivity contribution is 0.199. The third-order valence-corrected chi connectivity index (χ3v) is 6.11. The van der Waals surface area contributed by atoms with Crippen LogP contribution >= 0.6 is 11.3 Å². The third-order valence-electron chi connectivity index (χ3n) is 2.60. The number of ether oxygens (including phenoxy) is 1. The number of sulfone groups is 1. The van der Waals surface area contributed by atoms with Gasteiger partial charge in [-0.3, -0.25) is 4.98 Å². The minimum Gasteiger partial charge on any atom is -0.385 e. The van der Waals surface area contributed by atoms with Gasteiger partial charge in [-0.2, -0.15) is 0 Å². The number of methoxy groups -OCH3 is 1. The first kappa shape index (κ1) is 14.2. The molecule has 0 fully saturated rings. The van der Waals surface area contributed by atoms with E-state index in [0.717, 1.165) is 10.4 Å². The van der Waals surface area contributed by atoms with Crippen molar-refractivity contribution in [3.63, 3.8) is 0 Å². The average molecular weight is 297 g/mol. The monoisotopic (exact) mass is 297 g/mol. The largest absolute Gasteiger partial charge is 0.385 e. The van der Waals surface area contributed by atoms with Crippen LogP contribution in [0.15, 0.2) is 40.9 Å². The minimum absolute atomic E-state index is 0.119. The van der Waals surface area contributed by atoms with Gasteiger partial charge in [0.1, 0.15) is 4.21 Å². The van der Waals surface area contributed by atoms with Gasteiger partial charge in [0.25, 0.3) is 0 Å². The standard InChI is InChI=1S/C13H15NO3S2/c1-17-8-3-9-19(15,16)13-6-5-12(18-13)11-4-2-7-14-10-11/h2,4-7,10H,3,8-9H2,1H3. The van der Waals surface area contributed by atoms with Crippen LogP contribution in [0.3, 0.4) is 0 Å². The first-order valence-electron chi connectivity index (χ1n) is 5.85. The zero-order chi connectivity index (χ0) is 13.7. The van der Waals surface area contributed by atoms with Crippen LogP contribution in [0.1, 0.15) is 6.42 Å². The predicted octanol–water partition coefficient (Wildman–Crippen LogP) is 2.62. The summed E-state index contributed by atoms with van der Waals surface area (Å²) < 4.78 is 29.5. The Kier molecular flexibility index (Phi) is 4.68. The molecule has 0 aromatic carbocycles. The Morgan fingerprint density at radius 2 is 2.16 bits per heavy atom. The summed E-state index contributed by atoms with van der Waals surface area (Å²) in [5, 5.41) is 0. The predicted molar refractivity (Wildman–Crippen MR) is 76.1 cm³/mol. The average Bonchev–Trinajstić information content (AvgIpc) is 2.90. The lowest BCUT2D eigenvalue weighted by Crippen LogP contribution is -2.07. The Bertz CT molecular complexity index is 620. The molecule has 4 nitrogen and oxygen atoms in total. The van der Waals surface area contributed by atoms with Crippen LogP contribution in [0, 0.1) is 0 Å². The van der Waals surface area contributed by atoms with E-state index < -0.39 is 9.84 Å². The fraction of sp³-hybridized carbons (Fsp3) is 0.308. The highest BCUT2D eigenvalue weighted by atomic mass is 32.2. The summed E-state index contributed by atoms with van der Waals surface area (Å²) in [7, 11) is -1.63. The molecule has 0 spiro atoms. The van der Waals surface area contributed by atoms with Crippen molar-refractivity contribution in [3.8, 4) is 10.4 Å². The number of pyridine rings is 1. The fourth-order valence-corrected chi connectivity index (χ4v) is 4.37. The molecule has 0 radical (unpaired) electrons. The van der Waals surface area contributed by atoms with Crippen LogP contribution in [-0.4, -0.2) is 32.9 Å². The Labute approximate surface area is 117 Å². The highest BCUT2D eigenvalue weighted by molar-refractivity contribution is 7.93. The number of hydrogen-bond acceptors (Lipinski definition) is 5. The van der Waals surface area contributed by atoms with E-state index in [1.807, 2.05) is 18.2 Å². The smallest absolute Gasteiger partial charge is 0.187 e. The van der Waals surface area contributed by atoms with Crippen LogP contribution < -0.4 is 0 Å². The van der Waals surface area contributed by atoms with E-state index in [9.17, 15) is 8.42 Å². The molecule has 0 saturated carbocycles. The van der Waals surface area contributed by atoms with E-state index in [4.69, 9.17) is 4.74 Å². The van der Waals surface area contributed by atoms with Gasteiger partial charge >= 0.3 is 0 Å². The van der Waals surface area contributed by atoms with Crippen LogP contribution in [-0.2, 0) is 14.6 Å². The Morgan fingerprint density at radius 3 is 2.84 bits per heavy atom. The van der Waals surface area contributed by atoms with E-state index in [2.05, 4.69) is 4.98 Å². The second-order valence-corrected chi connectivity index (χ2v) is 7.45. The summed E-state index contributed by atoms with van der Waals surface area (Å²) in [4.78, 5) is 4.95. The molecule has 0 N–H and O–H groups in total. The van der Waals surface area contributed by atoms with Crippen molar-refractivity contribution < 1.29 is 13.2 Å². The number of aromatic nitrogens is 1. The van der Waals surface area contributed by atoms with E-state index in [0.29, 0.717) is 17.2 Å². The normalized spacial score (nSPS) is 11.6. The second-order valence-electron chi connectivity index (χ2n) is 4.03. The van der Waals surface area contributed by atoms with E-state index in [1.54, 1.807) is 25.6 Å². The molecule has 6 heteroatoms. The molecule has 102 valence electrons. The van der Waals surface area contributed by atoms with Gasteiger partial charge in [-0.1, -0.05) is 6.07 Å².